The van der Waals surface area contributed by atoms with Crippen molar-refractivity contribution < 1.29 is 22.0 Å². The predicted molar refractivity (Wildman–Crippen MR) is 117 cm³/mol. The van der Waals surface area contributed by atoms with Crippen molar-refractivity contribution in [1.82, 2.24) is 18.9 Å². The molecule has 4 rings (SSSR count). The van der Waals surface area contributed by atoms with Crippen LogP contribution in [-0.4, -0.2) is 18.9 Å². The van der Waals surface area contributed by atoms with Gasteiger partial charge in [0.1, 0.15) is 17.1 Å². The second-order valence-corrected chi connectivity index (χ2v) is 8.46. The summed E-state index contributed by atoms with van der Waals surface area (Å²) >= 11 is 6.21. The van der Waals surface area contributed by atoms with Crippen molar-refractivity contribution in [2.24, 2.45) is 14.1 Å². The van der Waals surface area contributed by atoms with Crippen LogP contribution in [0.25, 0.3) is 16.7 Å². The number of halogens is 5. The number of alkyl halides is 3. The summed E-state index contributed by atoms with van der Waals surface area (Å²) in [6.07, 6.45) is -4.95. The van der Waals surface area contributed by atoms with Crippen molar-refractivity contribution in [1.29, 1.82) is 0 Å². The number of hydrogen-bond acceptors (Lipinski definition) is 4. The van der Waals surface area contributed by atoms with Crippen LogP contribution in [0.4, 0.5) is 17.6 Å². The van der Waals surface area contributed by atoms with Gasteiger partial charge in [-0.25, -0.2) is 13.8 Å². The summed E-state index contributed by atoms with van der Waals surface area (Å²) in [5, 5.41) is 4.53. The summed E-state index contributed by atoms with van der Waals surface area (Å²) in [6, 6.07) is 2.67. The molecule has 3 aromatic heterocycles. The van der Waals surface area contributed by atoms with Gasteiger partial charge in [0, 0.05) is 42.7 Å². The number of fused-ring (bicyclic) bond motifs is 1. The van der Waals surface area contributed by atoms with E-state index in [4.69, 9.17) is 16.0 Å². The van der Waals surface area contributed by atoms with Gasteiger partial charge in [0.15, 0.2) is 11.4 Å². The van der Waals surface area contributed by atoms with Crippen LogP contribution in [0.2, 0.25) is 5.02 Å². The molecule has 0 aliphatic rings. The largest absolute Gasteiger partial charge is 0.458 e. The lowest BCUT2D eigenvalue weighted by Crippen LogP contribution is -2.41. The van der Waals surface area contributed by atoms with Crippen LogP contribution in [0, 0.1) is 19.7 Å². The number of hydrogen-bond donors (Lipinski definition) is 0. The quantitative estimate of drug-likeness (QED) is 0.387. The molecular formula is C22H19ClF4N4O3. The van der Waals surface area contributed by atoms with Crippen molar-refractivity contribution >= 4 is 22.6 Å². The molecule has 1 aromatic carbocycles. The highest BCUT2D eigenvalue weighted by atomic mass is 35.5. The number of benzene rings is 1. The van der Waals surface area contributed by atoms with Crippen LogP contribution in [0.3, 0.4) is 0 Å². The molecule has 180 valence electrons. The Morgan fingerprint density at radius 2 is 1.76 bits per heavy atom. The zero-order chi connectivity index (χ0) is 25.3. The fraction of sp³-hybridized carbons (Fsp3) is 0.318. The maximum Gasteiger partial charge on any atom is 0.431 e. The van der Waals surface area contributed by atoms with Gasteiger partial charge in [-0.05, 0) is 26.0 Å². The SMILES string of the molecule is Cc1nn(C)c(C)c1C(C)c1cc2c(Cl)cc(F)c(-n3c(=O)cc(C(F)(F)F)n(C)c3=O)c2o1. The molecule has 1 atom stereocenters. The molecule has 0 aliphatic carbocycles. The Labute approximate surface area is 194 Å². The minimum Gasteiger partial charge on any atom is -0.458 e. The lowest BCUT2D eigenvalue weighted by molar-refractivity contribution is -0.144. The monoisotopic (exact) mass is 498 g/mol. The van der Waals surface area contributed by atoms with E-state index in [9.17, 15) is 22.8 Å². The lowest BCUT2D eigenvalue weighted by atomic mass is 9.96. The molecule has 0 aliphatic heterocycles. The normalized spacial score (nSPS) is 13.1. The fourth-order valence-corrected chi connectivity index (χ4v) is 4.45. The summed E-state index contributed by atoms with van der Waals surface area (Å²) in [5.74, 6) is -1.11. The van der Waals surface area contributed by atoms with Gasteiger partial charge in [0.2, 0.25) is 0 Å². The van der Waals surface area contributed by atoms with E-state index in [2.05, 4.69) is 5.10 Å². The van der Waals surface area contributed by atoms with Gasteiger partial charge in [0.05, 0.1) is 10.7 Å². The summed E-state index contributed by atoms with van der Waals surface area (Å²) < 4.78 is 62.9. The summed E-state index contributed by atoms with van der Waals surface area (Å²) in [4.78, 5) is 25.4. The average molecular weight is 499 g/mol. The first kappa shape index (κ1) is 23.8. The molecule has 3 heterocycles. The molecule has 0 saturated carbocycles. The molecule has 7 nitrogen and oxygen atoms in total. The van der Waals surface area contributed by atoms with Gasteiger partial charge >= 0.3 is 11.9 Å². The molecule has 0 N–H and O–H groups in total. The molecule has 34 heavy (non-hydrogen) atoms. The highest BCUT2D eigenvalue weighted by Crippen LogP contribution is 2.38. The Kier molecular flexibility index (Phi) is 5.51. The smallest absolute Gasteiger partial charge is 0.431 e. The Balaban J connectivity index is 2.02. The minimum atomic E-state index is -4.95. The van der Waals surface area contributed by atoms with E-state index >= 15 is 4.39 Å². The van der Waals surface area contributed by atoms with Gasteiger partial charge in [0.25, 0.3) is 5.56 Å². The number of aryl methyl sites for hydroxylation is 2. The third kappa shape index (κ3) is 3.54. The molecule has 1 unspecified atom stereocenters. The highest BCUT2D eigenvalue weighted by Gasteiger charge is 2.36. The van der Waals surface area contributed by atoms with Crippen LogP contribution in [0.15, 0.2) is 32.2 Å². The zero-order valence-electron chi connectivity index (χ0n) is 18.7. The van der Waals surface area contributed by atoms with Crippen LogP contribution < -0.4 is 11.2 Å². The van der Waals surface area contributed by atoms with Crippen molar-refractivity contribution in [3.05, 3.63) is 78.3 Å². The maximum atomic E-state index is 15.1. The van der Waals surface area contributed by atoms with Crippen molar-refractivity contribution in [2.75, 3.05) is 0 Å². The molecule has 4 aromatic rings. The average Bonchev–Trinajstić information content (AvgIpc) is 3.27. The Bertz CT molecular complexity index is 1580. The molecule has 0 bridgehead atoms. The Morgan fingerprint density at radius 1 is 1.12 bits per heavy atom. The number of furan rings is 1. The number of nitrogens with zero attached hydrogens (tertiary/aromatic N) is 4. The Hall–Kier alpha value is -3.34. The minimum absolute atomic E-state index is 0.0464. The molecule has 0 radical (unpaired) electrons. The predicted octanol–water partition coefficient (Wildman–Crippen LogP) is 4.60. The van der Waals surface area contributed by atoms with Crippen molar-refractivity contribution in [3.63, 3.8) is 0 Å². The van der Waals surface area contributed by atoms with Gasteiger partial charge in [-0.15, -0.1) is 0 Å². The first-order valence-corrected chi connectivity index (χ1v) is 10.4. The first-order valence-electron chi connectivity index (χ1n) is 10.1. The molecule has 0 saturated heterocycles. The van der Waals surface area contributed by atoms with E-state index in [1.54, 1.807) is 17.8 Å². The molecule has 0 spiro atoms. The second-order valence-electron chi connectivity index (χ2n) is 8.05. The third-order valence-electron chi connectivity index (χ3n) is 5.96. The highest BCUT2D eigenvalue weighted by molar-refractivity contribution is 6.35. The second kappa shape index (κ2) is 7.86. The van der Waals surface area contributed by atoms with Gasteiger partial charge in [-0.3, -0.25) is 14.0 Å². The molecule has 0 fully saturated rings. The van der Waals surface area contributed by atoms with E-state index in [1.165, 1.54) is 0 Å². The fourth-order valence-electron chi connectivity index (χ4n) is 4.21. The number of aromatic nitrogens is 4. The van der Waals surface area contributed by atoms with Gasteiger partial charge in [-0.2, -0.15) is 18.3 Å². The first-order chi connectivity index (χ1) is 15.7. The summed E-state index contributed by atoms with van der Waals surface area (Å²) in [6.45, 7) is 5.53. The molecular weight excluding hydrogens is 480 g/mol. The van der Waals surface area contributed by atoms with Crippen molar-refractivity contribution in [2.45, 2.75) is 32.9 Å². The van der Waals surface area contributed by atoms with Crippen LogP contribution in [-0.2, 0) is 20.3 Å². The van der Waals surface area contributed by atoms with E-state index in [0.29, 0.717) is 10.3 Å². The van der Waals surface area contributed by atoms with Crippen LogP contribution in [0.1, 0.15) is 41.2 Å². The molecule has 0 amide bonds. The topological polar surface area (TPSA) is 75.0 Å². The Morgan fingerprint density at radius 3 is 2.32 bits per heavy atom. The molecule has 12 heteroatoms. The van der Waals surface area contributed by atoms with E-state index in [-0.39, 0.29) is 32.5 Å². The van der Waals surface area contributed by atoms with E-state index < -0.39 is 34.6 Å². The van der Waals surface area contributed by atoms with Crippen molar-refractivity contribution in [3.8, 4) is 5.69 Å². The van der Waals surface area contributed by atoms with Crippen LogP contribution >= 0.6 is 11.6 Å². The zero-order valence-corrected chi connectivity index (χ0v) is 19.5. The van der Waals surface area contributed by atoms with Gasteiger partial charge < -0.3 is 4.42 Å². The third-order valence-corrected chi connectivity index (χ3v) is 6.27. The standard InChI is InChI=1S/C22H19ClF4N4O3/c1-9(18-10(2)28-30(5)11(18)3)15-6-12-13(23)7-14(24)19(20(12)34-15)31-17(32)8-16(22(25,26)27)29(4)21(31)33/h6-9H,1-5H3. The van der Waals surface area contributed by atoms with E-state index in [1.807, 2.05) is 20.8 Å². The summed E-state index contributed by atoms with van der Waals surface area (Å²) in [7, 11) is 2.63. The van der Waals surface area contributed by atoms with Crippen LogP contribution in [0.5, 0.6) is 0 Å². The van der Waals surface area contributed by atoms with E-state index in [0.717, 1.165) is 30.1 Å². The summed E-state index contributed by atoms with van der Waals surface area (Å²) in [5.41, 5.74) is -2.56. The number of rotatable bonds is 3. The maximum absolute atomic E-state index is 15.1. The van der Waals surface area contributed by atoms with Gasteiger partial charge in [-0.1, -0.05) is 18.5 Å². The lowest BCUT2D eigenvalue weighted by Gasteiger charge is -2.14.